The van der Waals surface area contributed by atoms with Crippen molar-refractivity contribution in [3.05, 3.63) is 24.3 Å². The molecule has 2 rings (SSSR count). The van der Waals surface area contributed by atoms with Gasteiger partial charge in [0, 0.05) is 0 Å². The maximum absolute atomic E-state index is 10.9. The summed E-state index contributed by atoms with van der Waals surface area (Å²) in [6.07, 6.45) is 0.652. The van der Waals surface area contributed by atoms with E-state index in [1.807, 2.05) is 24.3 Å². The van der Waals surface area contributed by atoms with Crippen LogP contribution >= 0.6 is 11.8 Å². The van der Waals surface area contributed by atoms with Crippen LogP contribution in [0.4, 0.5) is 0 Å². The van der Waals surface area contributed by atoms with Gasteiger partial charge in [-0.2, -0.15) is 0 Å². The van der Waals surface area contributed by atoms with Crippen LogP contribution in [0.1, 0.15) is 6.42 Å². The molecular weight excluding hydrogens is 266 g/mol. The summed E-state index contributed by atoms with van der Waals surface area (Å²) in [6, 6.07) is 6.86. The fourth-order valence-corrected chi connectivity index (χ4v) is 2.90. The zero-order valence-electron chi connectivity index (χ0n) is 10.7. The van der Waals surface area contributed by atoms with Gasteiger partial charge < -0.3 is 14.6 Å². The topological polar surface area (TPSA) is 67.8 Å². The average molecular weight is 283 g/mol. The van der Waals surface area contributed by atoms with Gasteiger partial charge in [-0.05, 0) is 36.4 Å². The van der Waals surface area contributed by atoms with Crippen molar-refractivity contribution in [2.45, 2.75) is 17.8 Å². The van der Waals surface area contributed by atoms with Crippen molar-refractivity contribution < 1.29 is 19.4 Å². The highest BCUT2D eigenvalue weighted by atomic mass is 32.2. The Labute approximate surface area is 116 Å². The first kappa shape index (κ1) is 14.0. The largest absolute Gasteiger partial charge is 0.497 e. The lowest BCUT2D eigenvalue weighted by Gasteiger charge is -2.27. The number of carboxylic acids is 1. The summed E-state index contributed by atoms with van der Waals surface area (Å²) in [4.78, 5) is 10.9. The third-order valence-electron chi connectivity index (χ3n) is 2.87. The van der Waals surface area contributed by atoms with Crippen LogP contribution in [0, 0.1) is 0 Å². The van der Waals surface area contributed by atoms with Crippen molar-refractivity contribution in [3.63, 3.8) is 0 Å². The molecule has 104 valence electrons. The Hall–Kier alpha value is -1.40. The van der Waals surface area contributed by atoms with Crippen molar-refractivity contribution >= 4 is 17.7 Å². The van der Waals surface area contributed by atoms with Crippen LogP contribution in [-0.2, 0) is 4.79 Å². The second-order valence-corrected chi connectivity index (χ2v) is 5.50. The molecule has 0 aliphatic carbocycles. The van der Waals surface area contributed by atoms with E-state index in [1.165, 1.54) is 0 Å². The van der Waals surface area contributed by atoms with E-state index in [-0.39, 0.29) is 5.37 Å². The lowest BCUT2D eigenvalue weighted by atomic mass is 10.2. The second kappa shape index (κ2) is 6.68. The lowest BCUT2D eigenvalue weighted by Crippen LogP contribution is -2.48. The summed E-state index contributed by atoms with van der Waals surface area (Å²) in [5.74, 6) is 1.57. The van der Waals surface area contributed by atoms with Gasteiger partial charge in [-0.1, -0.05) is 0 Å². The van der Waals surface area contributed by atoms with Gasteiger partial charge in [0.25, 0.3) is 0 Å². The molecule has 1 fully saturated rings. The standard InChI is InChI=1S/C13H17NO4S/c1-17-9-2-4-10(5-3-9)18-8-12-14-11(13(15)16)6-7-19-12/h2-5,11-12,14H,6-8H2,1H3,(H,15,16). The highest BCUT2D eigenvalue weighted by Crippen LogP contribution is 2.21. The molecule has 1 aliphatic heterocycles. The molecule has 1 aliphatic rings. The van der Waals surface area contributed by atoms with Crippen LogP contribution in [0.3, 0.4) is 0 Å². The summed E-state index contributed by atoms with van der Waals surface area (Å²) in [6.45, 7) is 0.445. The van der Waals surface area contributed by atoms with Crippen LogP contribution in [0.2, 0.25) is 0 Å². The quantitative estimate of drug-likeness (QED) is 0.855. The van der Waals surface area contributed by atoms with E-state index in [0.717, 1.165) is 17.3 Å². The van der Waals surface area contributed by atoms with Crippen LogP contribution in [0.5, 0.6) is 11.5 Å². The number of benzene rings is 1. The smallest absolute Gasteiger partial charge is 0.320 e. The van der Waals surface area contributed by atoms with Gasteiger partial charge in [0.2, 0.25) is 0 Å². The summed E-state index contributed by atoms with van der Waals surface area (Å²) >= 11 is 1.69. The molecular formula is C13H17NO4S. The summed E-state index contributed by atoms with van der Waals surface area (Å²) in [5, 5.41) is 12.0. The lowest BCUT2D eigenvalue weighted by molar-refractivity contribution is -0.139. The molecule has 19 heavy (non-hydrogen) atoms. The third kappa shape index (κ3) is 4.04. The van der Waals surface area contributed by atoms with Gasteiger partial charge >= 0.3 is 5.97 Å². The van der Waals surface area contributed by atoms with Gasteiger partial charge in [0.15, 0.2) is 0 Å². The van der Waals surface area contributed by atoms with Gasteiger partial charge in [0.05, 0.1) is 12.5 Å². The van der Waals surface area contributed by atoms with Crippen molar-refractivity contribution in [2.24, 2.45) is 0 Å². The number of rotatable bonds is 5. The van der Waals surface area contributed by atoms with Crippen molar-refractivity contribution in [2.75, 3.05) is 19.5 Å². The number of nitrogens with one attached hydrogen (secondary N) is 1. The Morgan fingerprint density at radius 3 is 2.74 bits per heavy atom. The molecule has 1 saturated heterocycles. The molecule has 6 heteroatoms. The van der Waals surface area contributed by atoms with E-state index in [1.54, 1.807) is 18.9 Å². The molecule has 0 bridgehead atoms. The molecule has 2 N–H and O–H groups in total. The first-order valence-electron chi connectivity index (χ1n) is 6.06. The van der Waals surface area contributed by atoms with Crippen molar-refractivity contribution in [3.8, 4) is 11.5 Å². The van der Waals surface area contributed by atoms with Crippen LogP contribution in [-0.4, -0.2) is 42.0 Å². The Balaban J connectivity index is 1.82. The SMILES string of the molecule is COc1ccc(OCC2NC(C(=O)O)CCS2)cc1. The summed E-state index contributed by atoms with van der Waals surface area (Å²) in [5.41, 5.74) is 0. The van der Waals surface area contributed by atoms with Gasteiger partial charge in [-0.15, -0.1) is 11.8 Å². The number of carboxylic acid groups (broad SMARTS) is 1. The third-order valence-corrected chi connectivity index (χ3v) is 4.02. The highest BCUT2D eigenvalue weighted by molar-refractivity contribution is 7.99. The van der Waals surface area contributed by atoms with Gasteiger partial charge in [0.1, 0.15) is 24.1 Å². The molecule has 0 radical (unpaired) electrons. The minimum Gasteiger partial charge on any atom is -0.497 e. The second-order valence-electron chi connectivity index (χ2n) is 4.19. The number of thioether (sulfide) groups is 1. The maximum Gasteiger partial charge on any atom is 0.320 e. The van der Waals surface area contributed by atoms with Crippen LogP contribution in [0.15, 0.2) is 24.3 Å². The van der Waals surface area contributed by atoms with Crippen molar-refractivity contribution in [1.29, 1.82) is 0 Å². The van der Waals surface area contributed by atoms with Crippen LogP contribution < -0.4 is 14.8 Å². The Morgan fingerprint density at radius 2 is 2.11 bits per heavy atom. The Bertz CT molecular complexity index is 423. The van der Waals surface area contributed by atoms with E-state index in [2.05, 4.69) is 5.32 Å². The van der Waals surface area contributed by atoms with E-state index in [4.69, 9.17) is 14.6 Å². The number of hydrogen-bond donors (Lipinski definition) is 2. The predicted octanol–water partition coefficient (Wildman–Crippen LogP) is 1.58. The molecule has 5 nitrogen and oxygen atoms in total. The first-order valence-corrected chi connectivity index (χ1v) is 7.11. The Morgan fingerprint density at radius 1 is 1.42 bits per heavy atom. The zero-order valence-corrected chi connectivity index (χ0v) is 11.5. The fraction of sp³-hybridized carbons (Fsp3) is 0.462. The van der Waals surface area contributed by atoms with Gasteiger partial charge in [-0.3, -0.25) is 10.1 Å². The predicted molar refractivity (Wildman–Crippen MR) is 73.9 cm³/mol. The van der Waals surface area contributed by atoms with Gasteiger partial charge in [-0.25, -0.2) is 0 Å². The fourth-order valence-electron chi connectivity index (χ4n) is 1.82. The molecule has 0 saturated carbocycles. The van der Waals surface area contributed by atoms with Crippen molar-refractivity contribution in [1.82, 2.24) is 5.32 Å². The van der Waals surface area contributed by atoms with E-state index >= 15 is 0 Å². The number of methoxy groups -OCH3 is 1. The highest BCUT2D eigenvalue weighted by Gasteiger charge is 2.26. The molecule has 1 heterocycles. The Kier molecular flexibility index (Phi) is 4.93. The van der Waals surface area contributed by atoms with E-state index in [0.29, 0.717) is 13.0 Å². The number of carbonyl (C=O) groups is 1. The van der Waals surface area contributed by atoms with Crippen LogP contribution in [0.25, 0.3) is 0 Å². The monoisotopic (exact) mass is 283 g/mol. The summed E-state index contributed by atoms with van der Waals surface area (Å²) in [7, 11) is 1.62. The number of ether oxygens (including phenoxy) is 2. The minimum atomic E-state index is -0.797. The summed E-state index contributed by atoms with van der Waals surface area (Å²) < 4.78 is 10.7. The molecule has 0 spiro atoms. The normalized spacial score (nSPS) is 22.8. The molecule has 0 aromatic heterocycles. The van der Waals surface area contributed by atoms with E-state index < -0.39 is 12.0 Å². The molecule has 1 aromatic carbocycles. The maximum atomic E-state index is 10.9. The minimum absolute atomic E-state index is 0.0111. The number of hydrogen-bond acceptors (Lipinski definition) is 5. The van der Waals surface area contributed by atoms with E-state index in [9.17, 15) is 4.79 Å². The average Bonchev–Trinajstić information content (AvgIpc) is 2.46. The number of aliphatic carboxylic acids is 1. The molecule has 0 amide bonds. The molecule has 2 unspecified atom stereocenters. The molecule has 1 aromatic rings. The zero-order chi connectivity index (χ0) is 13.7. The first-order chi connectivity index (χ1) is 9.19. The molecule has 2 atom stereocenters.